The molecule has 4 aromatic rings. The minimum Gasteiger partial charge on any atom is -0.495 e. The van der Waals surface area contributed by atoms with Gasteiger partial charge in [-0.2, -0.15) is 5.10 Å². The second-order valence-electron chi connectivity index (χ2n) is 6.97. The maximum absolute atomic E-state index is 6.28. The zero-order valence-corrected chi connectivity index (χ0v) is 16.5. The fourth-order valence-electron chi connectivity index (χ4n) is 3.86. The zero-order chi connectivity index (χ0) is 19.1. The number of nitrogens with two attached hydrogens (primary N) is 1. The van der Waals surface area contributed by atoms with Crippen LogP contribution in [0, 0.1) is 0 Å². The number of thiophene rings is 1. The van der Waals surface area contributed by atoms with E-state index in [2.05, 4.69) is 38.5 Å². The summed E-state index contributed by atoms with van der Waals surface area (Å²) in [4.78, 5) is 7.83. The number of nitrogens with zero attached hydrogens (tertiary/aromatic N) is 4. The Morgan fingerprint density at radius 2 is 2.11 bits per heavy atom. The van der Waals surface area contributed by atoms with Crippen LogP contribution in [0.5, 0.6) is 5.75 Å². The van der Waals surface area contributed by atoms with E-state index >= 15 is 0 Å². The number of hydrogen-bond donors (Lipinski definition) is 2. The van der Waals surface area contributed by atoms with E-state index in [1.807, 2.05) is 16.6 Å². The van der Waals surface area contributed by atoms with E-state index in [0.717, 1.165) is 70.2 Å². The highest BCUT2D eigenvalue weighted by molar-refractivity contribution is 7.22. The molecular weight excluding hydrogens is 372 g/mol. The first-order valence-electron chi connectivity index (χ1n) is 9.35. The number of aromatic nitrogens is 3. The van der Waals surface area contributed by atoms with Crippen molar-refractivity contribution in [3.63, 3.8) is 0 Å². The maximum atomic E-state index is 6.28. The normalized spacial score (nSPS) is 15.5. The summed E-state index contributed by atoms with van der Waals surface area (Å²) in [5, 5.41) is 9.07. The van der Waals surface area contributed by atoms with Crippen LogP contribution in [0.1, 0.15) is 5.69 Å². The number of rotatable bonds is 4. The minimum absolute atomic E-state index is 0.501. The Morgan fingerprint density at radius 1 is 1.25 bits per heavy atom. The van der Waals surface area contributed by atoms with Gasteiger partial charge in [0.1, 0.15) is 17.6 Å². The molecule has 0 bridgehead atoms. The Bertz CT molecular complexity index is 1140. The first-order chi connectivity index (χ1) is 13.7. The Kier molecular flexibility index (Phi) is 4.38. The smallest absolute Gasteiger partial charge is 0.152 e. The molecular formula is C20H22N6OS. The highest BCUT2D eigenvalue weighted by Crippen LogP contribution is 2.41. The maximum Gasteiger partial charge on any atom is 0.152 e. The Labute approximate surface area is 166 Å². The lowest BCUT2D eigenvalue weighted by atomic mass is 10.2. The SMILES string of the molecule is COc1cccc2cc(-c3cc(CN4CCNCC4)n4ncnc(N)c34)sc12. The van der Waals surface area contributed by atoms with Crippen LogP contribution >= 0.6 is 11.3 Å². The van der Waals surface area contributed by atoms with Gasteiger partial charge in [0.05, 0.1) is 17.5 Å². The average Bonchev–Trinajstić information content (AvgIpc) is 3.31. The van der Waals surface area contributed by atoms with Gasteiger partial charge in [-0.15, -0.1) is 11.3 Å². The molecule has 3 aromatic heterocycles. The summed E-state index contributed by atoms with van der Waals surface area (Å²) in [5.41, 5.74) is 9.35. The molecule has 0 saturated carbocycles. The van der Waals surface area contributed by atoms with Crippen molar-refractivity contribution in [3.8, 4) is 16.2 Å². The topological polar surface area (TPSA) is 80.7 Å². The summed E-state index contributed by atoms with van der Waals surface area (Å²) in [5.74, 6) is 1.39. The van der Waals surface area contributed by atoms with E-state index in [4.69, 9.17) is 10.5 Å². The van der Waals surface area contributed by atoms with Crippen molar-refractivity contribution >= 4 is 32.8 Å². The molecule has 0 unspecified atom stereocenters. The van der Waals surface area contributed by atoms with Gasteiger partial charge in [-0.1, -0.05) is 12.1 Å². The molecule has 1 aliphatic rings. The van der Waals surface area contributed by atoms with Crippen molar-refractivity contribution in [2.75, 3.05) is 39.0 Å². The molecule has 7 nitrogen and oxygen atoms in total. The molecule has 0 radical (unpaired) electrons. The average molecular weight is 395 g/mol. The predicted molar refractivity (Wildman–Crippen MR) is 113 cm³/mol. The van der Waals surface area contributed by atoms with Gasteiger partial charge < -0.3 is 15.8 Å². The summed E-state index contributed by atoms with van der Waals surface area (Å²) >= 11 is 1.71. The largest absolute Gasteiger partial charge is 0.495 e. The van der Waals surface area contributed by atoms with Gasteiger partial charge in [0.25, 0.3) is 0 Å². The van der Waals surface area contributed by atoms with Crippen LogP contribution in [0.2, 0.25) is 0 Å². The van der Waals surface area contributed by atoms with Crippen LogP contribution in [0.4, 0.5) is 5.82 Å². The molecule has 1 saturated heterocycles. The van der Waals surface area contributed by atoms with Crippen molar-refractivity contribution in [2.24, 2.45) is 0 Å². The van der Waals surface area contributed by atoms with Gasteiger partial charge in [-0.05, 0) is 23.6 Å². The van der Waals surface area contributed by atoms with Gasteiger partial charge in [0.15, 0.2) is 5.82 Å². The molecule has 5 rings (SSSR count). The Hall–Kier alpha value is -2.68. The molecule has 144 valence electrons. The van der Waals surface area contributed by atoms with Crippen molar-refractivity contribution in [1.29, 1.82) is 0 Å². The van der Waals surface area contributed by atoms with Crippen LogP contribution in [0.15, 0.2) is 36.7 Å². The van der Waals surface area contributed by atoms with E-state index < -0.39 is 0 Å². The zero-order valence-electron chi connectivity index (χ0n) is 15.7. The lowest BCUT2D eigenvalue weighted by molar-refractivity contribution is 0.229. The molecule has 28 heavy (non-hydrogen) atoms. The van der Waals surface area contributed by atoms with Crippen molar-refractivity contribution in [2.45, 2.75) is 6.54 Å². The van der Waals surface area contributed by atoms with E-state index in [1.54, 1.807) is 18.4 Å². The van der Waals surface area contributed by atoms with Gasteiger partial charge in [0, 0.05) is 43.2 Å². The van der Waals surface area contributed by atoms with Gasteiger partial charge >= 0.3 is 0 Å². The highest BCUT2D eigenvalue weighted by atomic mass is 32.1. The van der Waals surface area contributed by atoms with E-state index in [-0.39, 0.29) is 0 Å². The summed E-state index contributed by atoms with van der Waals surface area (Å²) in [6, 6.07) is 10.5. The third-order valence-corrected chi connectivity index (χ3v) is 6.44. The van der Waals surface area contributed by atoms with Gasteiger partial charge in [-0.3, -0.25) is 4.90 Å². The van der Waals surface area contributed by atoms with Crippen LogP contribution in [0.25, 0.3) is 26.0 Å². The van der Waals surface area contributed by atoms with Gasteiger partial charge in [0.2, 0.25) is 0 Å². The molecule has 0 aliphatic carbocycles. The van der Waals surface area contributed by atoms with Gasteiger partial charge in [-0.25, -0.2) is 9.50 Å². The number of benzene rings is 1. The molecule has 4 heterocycles. The van der Waals surface area contributed by atoms with E-state index in [0.29, 0.717) is 5.82 Å². The van der Waals surface area contributed by atoms with Crippen molar-refractivity contribution < 1.29 is 4.74 Å². The van der Waals surface area contributed by atoms with Crippen LogP contribution in [-0.4, -0.2) is 52.8 Å². The molecule has 0 spiro atoms. The lowest BCUT2D eigenvalue weighted by Crippen LogP contribution is -2.43. The minimum atomic E-state index is 0.501. The molecule has 1 fully saturated rings. The number of fused-ring (bicyclic) bond motifs is 2. The number of hydrogen-bond acceptors (Lipinski definition) is 7. The second kappa shape index (κ2) is 7.05. The summed E-state index contributed by atoms with van der Waals surface area (Å²) in [6.45, 7) is 4.94. The quantitative estimate of drug-likeness (QED) is 0.554. The Morgan fingerprint density at radius 3 is 2.93 bits per heavy atom. The van der Waals surface area contributed by atoms with E-state index in [9.17, 15) is 0 Å². The molecule has 1 aliphatic heterocycles. The fraction of sp³-hybridized carbons (Fsp3) is 0.300. The molecule has 1 aromatic carbocycles. The van der Waals surface area contributed by atoms with Crippen molar-refractivity contribution in [3.05, 3.63) is 42.4 Å². The summed E-state index contributed by atoms with van der Waals surface area (Å²) in [7, 11) is 1.71. The number of anilines is 1. The standard InChI is InChI=1S/C20H22N6OS/c1-27-16-4-2-3-13-9-17(28-19(13)16)15-10-14(11-25-7-5-22-6-8-25)26-18(15)20(21)23-12-24-26/h2-4,9-10,12,22H,5-8,11H2,1H3,(H2,21,23,24). The highest BCUT2D eigenvalue weighted by Gasteiger charge is 2.20. The van der Waals surface area contributed by atoms with E-state index in [1.165, 1.54) is 6.33 Å². The number of nitrogen functional groups attached to an aromatic ring is 1. The first kappa shape index (κ1) is 17.4. The van der Waals surface area contributed by atoms with Crippen LogP contribution in [0.3, 0.4) is 0 Å². The monoisotopic (exact) mass is 394 g/mol. The first-order valence-corrected chi connectivity index (χ1v) is 10.2. The number of piperazine rings is 1. The van der Waals surface area contributed by atoms with Crippen LogP contribution < -0.4 is 15.8 Å². The summed E-state index contributed by atoms with van der Waals surface area (Å²) in [6.07, 6.45) is 1.53. The van der Waals surface area contributed by atoms with Crippen LogP contribution in [-0.2, 0) is 6.54 Å². The predicted octanol–water partition coefficient (Wildman–Crippen LogP) is 2.61. The number of ether oxygens (including phenoxy) is 1. The third-order valence-electron chi connectivity index (χ3n) is 5.25. The number of nitrogens with one attached hydrogen (secondary N) is 1. The second-order valence-corrected chi connectivity index (χ2v) is 8.02. The third kappa shape index (κ3) is 2.90. The molecule has 3 N–H and O–H groups in total. The molecule has 8 heteroatoms. The fourth-order valence-corrected chi connectivity index (χ4v) is 5.03. The molecule has 0 amide bonds. The number of methoxy groups -OCH3 is 1. The Balaban J connectivity index is 1.65. The van der Waals surface area contributed by atoms with Crippen molar-refractivity contribution in [1.82, 2.24) is 24.8 Å². The summed E-state index contributed by atoms with van der Waals surface area (Å²) < 4.78 is 8.62. The lowest BCUT2D eigenvalue weighted by Gasteiger charge is -2.26. The molecule has 0 atom stereocenters.